The van der Waals surface area contributed by atoms with Crippen molar-refractivity contribution in [2.45, 2.75) is 251 Å². The molecular weight excluding hydrogens is 762 g/mol. The Morgan fingerprint density at radius 3 is 1.20 bits per heavy atom. The van der Waals surface area contributed by atoms with Crippen molar-refractivity contribution in [1.29, 1.82) is 0 Å². The van der Waals surface area contributed by atoms with Gasteiger partial charge in [-0.3, -0.25) is 18.6 Å². The van der Waals surface area contributed by atoms with Crippen molar-refractivity contribution in [1.82, 2.24) is 0 Å². The van der Waals surface area contributed by atoms with Crippen LogP contribution in [0.3, 0.4) is 0 Å². The van der Waals surface area contributed by atoms with E-state index >= 15 is 0 Å². The van der Waals surface area contributed by atoms with Crippen molar-refractivity contribution in [3.05, 3.63) is 24.3 Å². The lowest BCUT2D eigenvalue weighted by molar-refractivity contribution is -0.161. The summed E-state index contributed by atoms with van der Waals surface area (Å²) in [5, 5.41) is 0. The summed E-state index contributed by atoms with van der Waals surface area (Å²) >= 11 is 0. The van der Waals surface area contributed by atoms with Crippen molar-refractivity contribution < 1.29 is 37.6 Å². The highest BCUT2D eigenvalue weighted by Crippen LogP contribution is 2.43. The molecule has 0 aromatic carbocycles. The van der Waals surface area contributed by atoms with Gasteiger partial charge in [0.15, 0.2) is 6.10 Å². The minimum Gasteiger partial charge on any atom is -0.462 e. The van der Waals surface area contributed by atoms with E-state index < -0.39 is 26.5 Å². The third-order valence-electron chi connectivity index (χ3n) is 10.8. The Morgan fingerprint density at radius 2 is 0.831 bits per heavy atom. The molecule has 0 aliphatic heterocycles. The topological polar surface area (TPSA) is 134 Å². The van der Waals surface area contributed by atoms with E-state index in [0.29, 0.717) is 6.42 Å². The Balaban J connectivity index is 4.05. The minimum absolute atomic E-state index is 0.0542. The van der Waals surface area contributed by atoms with Gasteiger partial charge in [-0.2, -0.15) is 0 Å². The third-order valence-corrected chi connectivity index (χ3v) is 11.8. The van der Waals surface area contributed by atoms with Gasteiger partial charge in [0, 0.05) is 19.4 Å². The molecule has 0 spiro atoms. The van der Waals surface area contributed by atoms with E-state index in [9.17, 15) is 19.0 Å². The molecule has 0 rings (SSSR count). The van der Waals surface area contributed by atoms with Gasteiger partial charge < -0.3 is 20.1 Å². The van der Waals surface area contributed by atoms with E-state index in [-0.39, 0.29) is 38.6 Å². The van der Waals surface area contributed by atoms with E-state index in [0.717, 1.165) is 38.5 Å². The fourth-order valence-corrected chi connectivity index (χ4v) is 7.86. The van der Waals surface area contributed by atoms with Crippen LogP contribution in [0, 0.1) is 0 Å². The molecule has 348 valence electrons. The molecule has 0 aliphatic carbocycles. The second kappa shape index (κ2) is 46.0. The van der Waals surface area contributed by atoms with Crippen LogP contribution in [-0.2, 0) is 32.7 Å². The van der Waals surface area contributed by atoms with Crippen LogP contribution in [0.15, 0.2) is 24.3 Å². The Kier molecular flexibility index (Phi) is 44.8. The Labute approximate surface area is 363 Å². The lowest BCUT2D eigenvalue weighted by atomic mass is 10.1. The summed E-state index contributed by atoms with van der Waals surface area (Å²) in [7, 11) is -4.38. The molecule has 0 saturated heterocycles. The van der Waals surface area contributed by atoms with Crippen molar-refractivity contribution >= 4 is 19.8 Å². The van der Waals surface area contributed by atoms with Crippen LogP contribution in [0.4, 0.5) is 0 Å². The fourth-order valence-electron chi connectivity index (χ4n) is 7.10. The number of nitrogens with two attached hydrogens (primary N) is 1. The van der Waals surface area contributed by atoms with E-state index in [4.69, 9.17) is 24.3 Å². The number of ether oxygens (including phenoxy) is 2. The summed E-state index contributed by atoms with van der Waals surface area (Å²) < 4.78 is 32.9. The maximum atomic E-state index is 12.6. The Bertz CT molecular complexity index is 1020. The molecule has 3 N–H and O–H groups in total. The number of hydrogen-bond acceptors (Lipinski definition) is 8. The lowest BCUT2D eigenvalue weighted by Crippen LogP contribution is -2.29. The number of esters is 2. The second-order valence-corrected chi connectivity index (χ2v) is 18.1. The van der Waals surface area contributed by atoms with Gasteiger partial charge in [-0.1, -0.05) is 192 Å². The molecule has 2 unspecified atom stereocenters. The average Bonchev–Trinajstić information content (AvgIpc) is 3.22. The molecule has 9 nitrogen and oxygen atoms in total. The van der Waals surface area contributed by atoms with E-state index in [1.165, 1.54) is 173 Å². The molecule has 0 saturated carbocycles. The molecular formula is C49H94NO8P. The predicted octanol–water partition coefficient (Wildman–Crippen LogP) is 14.7. The van der Waals surface area contributed by atoms with Gasteiger partial charge >= 0.3 is 19.8 Å². The maximum Gasteiger partial charge on any atom is 0.472 e. The van der Waals surface area contributed by atoms with Crippen molar-refractivity contribution in [2.75, 3.05) is 26.4 Å². The molecule has 0 radical (unpaired) electrons. The SMILES string of the molecule is CCCCCCCC/C=C\CCCCCCCCCCCC(=O)OCC(COP(=O)(O)OCCN)OC(=O)CCCCCCCCCCC/C=C\CCCCCCCC. The first-order chi connectivity index (χ1) is 28.8. The zero-order valence-corrected chi connectivity index (χ0v) is 39.4. The number of rotatable bonds is 47. The number of phosphoric ester groups is 1. The summed E-state index contributed by atoms with van der Waals surface area (Å²) in [6.07, 6.45) is 50.6. The molecule has 0 fully saturated rings. The van der Waals surface area contributed by atoms with E-state index in [1.54, 1.807) is 0 Å². The smallest absolute Gasteiger partial charge is 0.462 e. The molecule has 0 aromatic rings. The molecule has 0 bridgehead atoms. The highest BCUT2D eigenvalue weighted by molar-refractivity contribution is 7.47. The Hall–Kier alpha value is -1.51. The van der Waals surface area contributed by atoms with Gasteiger partial charge in [-0.15, -0.1) is 0 Å². The first kappa shape index (κ1) is 57.5. The monoisotopic (exact) mass is 856 g/mol. The highest BCUT2D eigenvalue weighted by Gasteiger charge is 2.26. The number of hydrogen-bond donors (Lipinski definition) is 2. The Morgan fingerprint density at radius 1 is 0.492 bits per heavy atom. The average molecular weight is 856 g/mol. The second-order valence-electron chi connectivity index (χ2n) is 16.7. The first-order valence-corrected chi connectivity index (χ1v) is 26.3. The summed E-state index contributed by atoms with van der Waals surface area (Å²) in [6.45, 7) is 3.76. The highest BCUT2D eigenvalue weighted by atomic mass is 31.2. The van der Waals surface area contributed by atoms with Crippen LogP contribution >= 0.6 is 7.82 Å². The van der Waals surface area contributed by atoms with Crippen LogP contribution in [0.25, 0.3) is 0 Å². The standard InChI is InChI=1S/C49H94NO8P/c1-3-5-7-9-11-13-15-17-19-21-23-25-27-29-31-33-35-37-39-41-48(51)55-45-47(46-57-59(53,54)56-44-43-50)58-49(52)42-40-38-36-34-32-30-28-26-24-22-20-18-16-14-12-10-8-6-4-2/h17-20,47H,3-16,21-46,50H2,1-2H3,(H,53,54)/b19-17-,20-18-. The zero-order chi connectivity index (χ0) is 43.2. The van der Waals surface area contributed by atoms with Crippen LogP contribution in [0.2, 0.25) is 0 Å². The quantitative estimate of drug-likeness (QED) is 0.0265. The number of allylic oxidation sites excluding steroid dienone is 4. The van der Waals surface area contributed by atoms with Gasteiger partial charge in [0.1, 0.15) is 6.61 Å². The van der Waals surface area contributed by atoms with Crippen LogP contribution < -0.4 is 5.73 Å². The van der Waals surface area contributed by atoms with Gasteiger partial charge in [-0.25, -0.2) is 4.57 Å². The van der Waals surface area contributed by atoms with Crippen LogP contribution in [0.5, 0.6) is 0 Å². The van der Waals surface area contributed by atoms with Gasteiger partial charge in [0.2, 0.25) is 0 Å². The molecule has 0 aliphatic rings. The predicted molar refractivity (Wildman–Crippen MR) is 247 cm³/mol. The van der Waals surface area contributed by atoms with Crippen LogP contribution in [0.1, 0.15) is 245 Å². The fraction of sp³-hybridized carbons (Fsp3) is 0.878. The summed E-state index contributed by atoms with van der Waals surface area (Å²) in [6, 6.07) is 0. The molecule has 10 heteroatoms. The lowest BCUT2D eigenvalue weighted by Gasteiger charge is -2.19. The molecule has 2 atom stereocenters. The minimum atomic E-state index is -4.38. The third kappa shape index (κ3) is 45.8. The van der Waals surface area contributed by atoms with E-state index in [1.807, 2.05) is 0 Å². The zero-order valence-electron chi connectivity index (χ0n) is 38.5. The number of phosphoric acid groups is 1. The first-order valence-electron chi connectivity index (χ1n) is 24.8. The van der Waals surface area contributed by atoms with Gasteiger partial charge in [-0.05, 0) is 64.2 Å². The molecule has 0 aromatic heterocycles. The summed E-state index contributed by atoms with van der Waals surface area (Å²) in [5.41, 5.74) is 5.36. The van der Waals surface area contributed by atoms with Crippen molar-refractivity contribution in [2.24, 2.45) is 5.73 Å². The van der Waals surface area contributed by atoms with Crippen LogP contribution in [-0.4, -0.2) is 49.3 Å². The molecule has 0 amide bonds. The van der Waals surface area contributed by atoms with Gasteiger partial charge in [0.25, 0.3) is 0 Å². The molecule has 0 heterocycles. The van der Waals surface area contributed by atoms with Crippen molar-refractivity contribution in [3.63, 3.8) is 0 Å². The van der Waals surface area contributed by atoms with Crippen molar-refractivity contribution in [3.8, 4) is 0 Å². The molecule has 59 heavy (non-hydrogen) atoms. The summed E-state index contributed by atoms with van der Waals surface area (Å²) in [5.74, 6) is -0.823. The normalized spacial score (nSPS) is 13.4. The summed E-state index contributed by atoms with van der Waals surface area (Å²) in [4.78, 5) is 35.0. The largest absolute Gasteiger partial charge is 0.472 e. The van der Waals surface area contributed by atoms with E-state index in [2.05, 4.69) is 38.2 Å². The number of unbranched alkanes of at least 4 members (excludes halogenated alkanes) is 30. The number of carbonyl (C=O) groups is 2. The maximum absolute atomic E-state index is 12.6. The number of carbonyl (C=O) groups excluding carboxylic acids is 2. The van der Waals surface area contributed by atoms with Gasteiger partial charge in [0.05, 0.1) is 13.2 Å².